The first kappa shape index (κ1) is 21.4. The normalized spacial score (nSPS) is 25.1. The number of thiazole rings is 1. The molecule has 2 aromatic heterocycles. The molecule has 0 spiro atoms. The third-order valence-electron chi connectivity index (χ3n) is 5.78. The van der Waals surface area contributed by atoms with E-state index >= 15 is 0 Å². The predicted octanol–water partition coefficient (Wildman–Crippen LogP) is 0.500. The number of hydrogen-bond donors (Lipinski definition) is 1. The highest BCUT2D eigenvalue weighted by atomic mass is 32.2. The van der Waals surface area contributed by atoms with E-state index in [1.807, 2.05) is 17.5 Å². The van der Waals surface area contributed by atoms with Crippen LogP contribution < -0.4 is 10.6 Å². The molecule has 5 rings (SSSR count). The second kappa shape index (κ2) is 8.14. The lowest BCUT2D eigenvalue weighted by molar-refractivity contribution is -0.137. The highest BCUT2D eigenvalue weighted by Crippen LogP contribution is 2.53. The zero-order valence-electron chi connectivity index (χ0n) is 16.6. The molecule has 2 N–H and O–H groups in total. The molecule has 3 aliphatic rings. The van der Waals surface area contributed by atoms with Gasteiger partial charge < -0.3 is 15.4 Å². The highest BCUT2D eigenvalue weighted by Gasteiger charge is 2.58. The summed E-state index contributed by atoms with van der Waals surface area (Å²) in [6, 6.07) is 2.55. The Morgan fingerprint density at radius 3 is 2.56 bits per heavy atom. The number of morpholine rings is 1. The lowest BCUT2D eigenvalue weighted by Crippen LogP contribution is -2.43. The summed E-state index contributed by atoms with van der Waals surface area (Å²) in [5.41, 5.74) is 5.31. The first-order chi connectivity index (χ1) is 15.4. The maximum absolute atomic E-state index is 13.0. The summed E-state index contributed by atoms with van der Waals surface area (Å²) in [4.78, 5) is 66.7. The minimum atomic E-state index is -1.11. The van der Waals surface area contributed by atoms with E-state index in [1.54, 1.807) is 4.90 Å². The van der Waals surface area contributed by atoms with Gasteiger partial charge in [0.15, 0.2) is 0 Å². The summed E-state index contributed by atoms with van der Waals surface area (Å²) in [6.07, 6.45) is 0. The fourth-order valence-corrected chi connectivity index (χ4v) is 8.02. The number of primary amides is 1. The van der Waals surface area contributed by atoms with Gasteiger partial charge in [0.2, 0.25) is 11.8 Å². The molecule has 0 saturated carbocycles. The third-order valence-corrected chi connectivity index (χ3v) is 9.34. The Hall–Kier alpha value is -2.48. The van der Waals surface area contributed by atoms with E-state index in [0.29, 0.717) is 41.1 Å². The van der Waals surface area contributed by atoms with E-state index in [-0.39, 0.29) is 17.3 Å². The number of likely N-dealkylation sites (tertiary alicyclic amines) is 1. The minimum Gasteiger partial charge on any atom is -0.378 e. The van der Waals surface area contributed by atoms with Gasteiger partial charge in [-0.2, -0.15) is 4.90 Å². The van der Waals surface area contributed by atoms with Crippen LogP contribution in [0.5, 0.6) is 0 Å². The summed E-state index contributed by atoms with van der Waals surface area (Å²) >= 11 is 3.44. The van der Waals surface area contributed by atoms with Crippen molar-refractivity contribution in [3.8, 4) is 0 Å². The average Bonchev–Trinajstić information content (AvgIpc) is 3.46. The molecule has 3 aliphatic heterocycles. The average molecular weight is 495 g/mol. The van der Waals surface area contributed by atoms with Crippen LogP contribution in [-0.2, 0) is 25.7 Å². The Morgan fingerprint density at radius 1 is 1.16 bits per heavy atom. The molecular formula is C19H18N4O6S3. The van der Waals surface area contributed by atoms with Crippen LogP contribution in [-0.4, -0.2) is 69.7 Å². The van der Waals surface area contributed by atoms with Gasteiger partial charge in [-0.15, -0.1) is 11.3 Å². The monoisotopic (exact) mass is 494 g/mol. The van der Waals surface area contributed by atoms with Gasteiger partial charge in [-0.25, -0.2) is 4.79 Å². The largest absolute Gasteiger partial charge is 0.378 e. The summed E-state index contributed by atoms with van der Waals surface area (Å²) in [7, 11) is 0. The van der Waals surface area contributed by atoms with Gasteiger partial charge in [0.25, 0.3) is 5.91 Å². The maximum Gasteiger partial charge on any atom is 0.328 e. The Kier molecular flexibility index (Phi) is 5.43. The van der Waals surface area contributed by atoms with Crippen LogP contribution in [0.25, 0.3) is 0 Å². The number of thioether (sulfide) groups is 1. The van der Waals surface area contributed by atoms with E-state index in [4.69, 9.17) is 10.5 Å². The Morgan fingerprint density at radius 2 is 1.91 bits per heavy atom. The summed E-state index contributed by atoms with van der Waals surface area (Å²) < 4.78 is 6.66. The summed E-state index contributed by atoms with van der Waals surface area (Å²) in [6.45, 7) is 1.64. The fraction of sp³-hybridized carbons (Fsp3) is 0.421. The second-order valence-electron chi connectivity index (χ2n) is 7.52. The number of fused-ring (bicyclic) bond motifs is 2. The lowest BCUT2D eigenvalue weighted by Gasteiger charge is -2.30. The number of urea groups is 1. The predicted molar refractivity (Wildman–Crippen MR) is 117 cm³/mol. The van der Waals surface area contributed by atoms with Crippen LogP contribution >= 0.6 is 34.4 Å². The van der Waals surface area contributed by atoms with Gasteiger partial charge in [-0.05, 0) is 11.4 Å². The molecule has 0 bridgehead atoms. The molecule has 0 aromatic carbocycles. The Bertz CT molecular complexity index is 1170. The zero-order chi connectivity index (χ0) is 22.6. The molecule has 13 heteroatoms. The van der Waals surface area contributed by atoms with Crippen molar-refractivity contribution in [2.45, 2.75) is 22.7 Å². The van der Waals surface area contributed by atoms with Gasteiger partial charge in [-0.1, -0.05) is 29.2 Å². The number of carbonyl (C=O) groups is 4. The molecule has 0 radical (unpaired) electrons. The summed E-state index contributed by atoms with van der Waals surface area (Å²) in [5.74, 6) is -2.95. The van der Waals surface area contributed by atoms with Crippen molar-refractivity contribution in [1.29, 1.82) is 0 Å². The number of nitrogens with zero attached hydrogens (tertiary/aromatic N) is 3. The topological polar surface area (TPSA) is 132 Å². The molecule has 5 heterocycles. The molecule has 2 saturated heterocycles. The summed E-state index contributed by atoms with van der Waals surface area (Å²) in [5, 5.41) is 1.45. The first-order valence-electron chi connectivity index (χ1n) is 9.85. The molecule has 168 valence electrons. The van der Waals surface area contributed by atoms with Crippen molar-refractivity contribution in [2.75, 3.05) is 26.3 Å². The molecule has 32 heavy (non-hydrogen) atoms. The maximum atomic E-state index is 13.0. The standard InChI is InChI=1S/C19H18N4O6S3/c20-18(27)23-15(25)12-11(9-2-1-7-30-9)14-17(31-13(12)16(23)26)22(19(28)32-14)8-10(24)21-3-5-29-6-4-21/h1-2,7,11-13H,3-6,8H2,(H2,20,27)/t11-,12+,13-/m0/s1. The highest BCUT2D eigenvalue weighted by molar-refractivity contribution is 8.00. The zero-order valence-corrected chi connectivity index (χ0v) is 19.0. The van der Waals surface area contributed by atoms with Crippen LogP contribution in [0.2, 0.25) is 0 Å². The molecule has 2 aromatic rings. The molecular weight excluding hydrogens is 476 g/mol. The smallest absolute Gasteiger partial charge is 0.328 e. The Balaban J connectivity index is 1.57. The van der Waals surface area contributed by atoms with Gasteiger partial charge >= 0.3 is 10.9 Å². The van der Waals surface area contributed by atoms with Crippen molar-refractivity contribution < 1.29 is 23.9 Å². The molecule has 0 aliphatic carbocycles. The van der Waals surface area contributed by atoms with E-state index in [0.717, 1.165) is 28.0 Å². The van der Waals surface area contributed by atoms with Crippen molar-refractivity contribution in [3.05, 3.63) is 36.9 Å². The number of nitrogens with two attached hydrogens (primary N) is 1. The van der Waals surface area contributed by atoms with Gasteiger partial charge in [0, 0.05) is 28.8 Å². The molecule has 10 nitrogen and oxygen atoms in total. The first-order valence-corrected chi connectivity index (χ1v) is 12.4. The molecule has 3 atom stereocenters. The molecule has 2 fully saturated rings. The molecule has 0 unspecified atom stereocenters. The van der Waals surface area contributed by atoms with Crippen LogP contribution in [0, 0.1) is 5.92 Å². The molecule has 5 amide bonds. The quantitative estimate of drug-likeness (QED) is 0.615. The second-order valence-corrected chi connectivity index (χ2v) is 10.6. The minimum absolute atomic E-state index is 0.159. The third kappa shape index (κ3) is 3.31. The number of carbonyl (C=O) groups excluding carboxylic acids is 4. The number of amides is 5. The Labute approximate surface area is 193 Å². The number of imide groups is 3. The van der Waals surface area contributed by atoms with E-state index in [2.05, 4.69) is 0 Å². The lowest BCUT2D eigenvalue weighted by atomic mass is 9.87. The number of ether oxygens (including phenoxy) is 1. The number of hydrogen-bond acceptors (Lipinski definition) is 9. The van der Waals surface area contributed by atoms with Crippen molar-refractivity contribution in [1.82, 2.24) is 14.4 Å². The van der Waals surface area contributed by atoms with Gasteiger partial charge in [0.1, 0.15) is 11.8 Å². The van der Waals surface area contributed by atoms with Crippen LogP contribution in [0.3, 0.4) is 0 Å². The SMILES string of the molecule is NC(=O)N1C(=O)[C@@H]2[C@H](c3cccs3)c3sc(=O)n(CC(=O)N4CCOCC4)c3S[C@@H]2C1=O. The number of rotatable bonds is 3. The number of thiophene rings is 1. The van der Waals surface area contributed by atoms with Gasteiger partial charge in [-0.3, -0.25) is 23.7 Å². The van der Waals surface area contributed by atoms with E-state index in [1.165, 1.54) is 15.9 Å². The fourth-order valence-electron chi connectivity index (χ4n) is 4.30. The van der Waals surface area contributed by atoms with Crippen LogP contribution in [0.15, 0.2) is 27.3 Å². The van der Waals surface area contributed by atoms with Crippen LogP contribution in [0.4, 0.5) is 4.79 Å². The van der Waals surface area contributed by atoms with Crippen molar-refractivity contribution in [2.24, 2.45) is 11.7 Å². The van der Waals surface area contributed by atoms with Crippen LogP contribution in [0.1, 0.15) is 15.7 Å². The van der Waals surface area contributed by atoms with E-state index < -0.39 is 34.9 Å². The van der Waals surface area contributed by atoms with Crippen molar-refractivity contribution >= 4 is 58.2 Å². The van der Waals surface area contributed by atoms with E-state index in [9.17, 15) is 24.0 Å². The van der Waals surface area contributed by atoms with Crippen molar-refractivity contribution in [3.63, 3.8) is 0 Å². The van der Waals surface area contributed by atoms with Gasteiger partial charge in [0.05, 0.1) is 24.2 Å². The number of aromatic nitrogens is 1.